The van der Waals surface area contributed by atoms with Crippen molar-refractivity contribution in [2.45, 2.75) is 101 Å². The van der Waals surface area contributed by atoms with Gasteiger partial charge >= 0.3 is 12.2 Å². The fraction of sp³-hybridized carbons (Fsp3) is 0.500. The minimum absolute atomic E-state index is 0.00553. The van der Waals surface area contributed by atoms with Crippen molar-refractivity contribution in [3.05, 3.63) is 101 Å². The highest BCUT2D eigenvalue weighted by molar-refractivity contribution is 8.00. The largest absolute Gasteiger partial charge is 0.485 e. The number of benzene rings is 2. The first-order chi connectivity index (χ1) is 39.1. The van der Waals surface area contributed by atoms with Crippen LogP contribution in [0.4, 0.5) is 29.5 Å². The number of anilines is 2. The number of thioether (sulfide) groups is 1. The van der Waals surface area contributed by atoms with E-state index in [1.807, 2.05) is 34.5 Å². The van der Waals surface area contributed by atoms with E-state index in [4.69, 9.17) is 30.5 Å². The average Bonchev–Trinajstić information content (AvgIpc) is 4.33. The number of likely N-dealkylation sites (tertiary alicyclic amines) is 1. The smallest absolute Gasteiger partial charge is 0.393 e. The van der Waals surface area contributed by atoms with E-state index in [-0.39, 0.29) is 41.5 Å². The lowest BCUT2D eigenvalue weighted by atomic mass is 10.0. The maximum atomic E-state index is 13.1. The Morgan fingerprint density at radius 1 is 1.01 bits per heavy atom. The number of nitriles is 1. The monoisotopic (exact) mass is 1160 g/mol. The van der Waals surface area contributed by atoms with Crippen LogP contribution in [0.2, 0.25) is 0 Å². The number of unbranched alkanes of at least 4 members (excludes halogenated alkanes) is 1. The third-order valence-electron chi connectivity index (χ3n) is 14.4. The van der Waals surface area contributed by atoms with Crippen LogP contribution >= 0.6 is 23.1 Å². The number of hydrogen-bond acceptors (Lipinski definition) is 17. The van der Waals surface area contributed by atoms with Crippen LogP contribution in [0.5, 0.6) is 5.75 Å². The molecule has 0 radical (unpaired) electrons. The molecule has 81 heavy (non-hydrogen) atoms. The molecular formula is C56H72F3N13O7S2. The SMILES string of the molecule is C=CC(=O)Nc1ccc(CCn2c(C#N)cc3c(C)c(CN4CCC(Nc5ncnc6sc(CC(F)(F)F)cc56)CC4)ccc32)cc1OC/C(N)=C/N(N)CCOCCOCCOCCNC(=O)CCCC[C@H]1SC[C@H]2NC(=O)N[C@H]21. The molecule has 436 valence electrons. The highest BCUT2D eigenvalue weighted by Gasteiger charge is 2.42. The summed E-state index contributed by atoms with van der Waals surface area (Å²) >= 11 is 2.92. The Hall–Kier alpha value is -6.66. The van der Waals surface area contributed by atoms with Gasteiger partial charge in [-0.15, -0.1) is 11.3 Å². The van der Waals surface area contributed by atoms with E-state index in [2.05, 4.69) is 73.2 Å². The summed E-state index contributed by atoms with van der Waals surface area (Å²) in [5.41, 5.74) is 11.7. The van der Waals surface area contributed by atoms with Gasteiger partial charge in [-0.3, -0.25) is 14.5 Å². The Balaban J connectivity index is 0.721. The number of aromatic nitrogens is 3. The number of alkyl halides is 3. The Morgan fingerprint density at radius 2 is 1.79 bits per heavy atom. The van der Waals surface area contributed by atoms with Crippen LogP contribution in [-0.4, -0.2) is 150 Å². The predicted octanol–water partition coefficient (Wildman–Crippen LogP) is 6.62. The zero-order chi connectivity index (χ0) is 57.3. The van der Waals surface area contributed by atoms with Crippen molar-refractivity contribution < 1.29 is 46.5 Å². The first-order valence-electron chi connectivity index (χ1n) is 27.3. The third-order valence-corrected chi connectivity index (χ3v) is 16.9. The predicted molar refractivity (Wildman–Crippen MR) is 308 cm³/mol. The lowest BCUT2D eigenvalue weighted by Gasteiger charge is -2.33. The number of fused-ring (bicyclic) bond motifs is 3. The number of carbonyl (C=O) groups excluding carboxylic acids is 3. The number of halogens is 3. The van der Waals surface area contributed by atoms with Gasteiger partial charge in [-0.25, -0.2) is 20.6 Å². The number of rotatable bonds is 31. The standard InChI is InChI=1S/C56H72F3N13O7S2/c1-3-50(73)67-45-10-8-37(26-48(45)79-33-39(61)32-71(62)19-21-77-23-25-78-24-22-76-20-15-63-51(74)7-5-4-6-49-52-46(34-80-49)68-55(75)69-52)12-18-72-41(30-60)27-43-36(2)38(9-11-47(43)72)31-70-16-13-40(14-17-70)66-53-44-28-42(29-56(57,58)59)81-54(44)65-35-64-53/h3,8-11,26-28,32,35,40,46,49,52H,1,4-7,12-25,29,31,33-34,61-62H2,2H3,(H,63,74)(H,67,73)(H,64,65,66)(H2,68,69,75)/b39-32-/t46-,49-,52-/m1/s1. The first-order valence-corrected chi connectivity index (χ1v) is 29.2. The van der Waals surface area contributed by atoms with Crippen molar-refractivity contribution in [2.24, 2.45) is 11.6 Å². The molecule has 0 aliphatic carbocycles. The van der Waals surface area contributed by atoms with E-state index in [0.29, 0.717) is 116 Å². The molecule has 3 saturated heterocycles. The number of thiophene rings is 1. The Morgan fingerprint density at radius 3 is 2.56 bits per heavy atom. The van der Waals surface area contributed by atoms with Crippen LogP contribution in [0.3, 0.4) is 0 Å². The molecule has 0 saturated carbocycles. The molecule has 9 N–H and O–H groups in total. The maximum absolute atomic E-state index is 13.1. The van der Waals surface area contributed by atoms with Crippen LogP contribution in [0.25, 0.3) is 21.1 Å². The van der Waals surface area contributed by atoms with E-state index in [9.17, 15) is 32.8 Å². The molecule has 3 atom stereocenters. The van der Waals surface area contributed by atoms with Crippen LogP contribution < -0.4 is 42.9 Å². The number of nitrogens with zero attached hydrogens (tertiary/aromatic N) is 6. The second-order valence-electron chi connectivity index (χ2n) is 20.3. The molecule has 3 aliphatic heterocycles. The summed E-state index contributed by atoms with van der Waals surface area (Å²) in [4.78, 5) is 47.9. The number of nitrogens with two attached hydrogens (primary N) is 2. The molecule has 3 aliphatic rings. The van der Waals surface area contributed by atoms with Crippen LogP contribution in [0, 0.1) is 18.3 Å². The molecule has 0 unspecified atom stereocenters. The number of nitrogens with one attached hydrogen (secondary N) is 5. The molecule has 8 rings (SSSR count). The minimum atomic E-state index is -4.29. The van der Waals surface area contributed by atoms with Crippen molar-refractivity contribution in [1.29, 1.82) is 5.26 Å². The Labute approximate surface area is 477 Å². The summed E-state index contributed by atoms with van der Waals surface area (Å²) in [5, 5.41) is 28.8. The highest BCUT2D eigenvalue weighted by Crippen LogP contribution is 2.35. The number of amides is 4. The molecule has 6 heterocycles. The number of piperidine rings is 1. The van der Waals surface area contributed by atoms with Crippen LogP contribution in [0.15, 0.2) is 73.3 Å². The average molecular weight is 1160 g/mol. The molecular weight excluding hydrogens is 1090 g/mol. The van der Waals surface area contributed by atoms with Gasteiger partial charge in [0.15, 0.2) is 0 Å². The zero-order valence-corrected chi connectivity index (χ0v) is 47.1. The normalized spacial score (nSPS) is 17.7. The maximum Gasteiger partial charge on any atom is 0.393 e. The number of hydrogen-bond donors (Lipinski definition) is 7. The molecule has 3 aromatic heterocycles. The Kier molecular flexibility index (Phi) is 21.9. The molecule has 3 fully saturated rings. The van der Waals surface area contributed by atoms with Gasteiger partial charge in [0.05, 0.1) is 81.5 Å². The van der Waals surface area contributed by atoms with Crippen molar-refractivity contribution in [3.63, 3.8) is 0 Å². The zero-order valence-electron chi connectivity index (χ0n) is 45.5. The number of ether oxygens (including phenoxy) is 4. The van der Waals surface area contributed by atoms with Crippen molar-refractivity contribution >= 4 is 73.6 Å². The number of aryl methyl sites for hydroxylation is 3. The van der Waals surface area contributed by atoms with Gasteiger partial charge in [0.2, 0.25) is 11.8 Å². The Bertz CT molecular complexity index is 3030. The highest BCUT2D eigenvalue weighted by atomic mass is 32.2. The molecule has 0 bridgehead atoms. The van der Waals surface area contributed by atoms with Gasteiger partial charge in [-0.2, -0.15) is 30.2 Å². The fourth-order valence-electron chi connectivity index (χ4n) is 10.2. The van der Waals surface area contributed by atoms with Gasteiger partial charge in [0.25, 0.3) is 0 Å². The summed E-state index contributed by atoms with van der Waals surface area (Å²) in [6, 6.07) is 16.0. The van der Waals surface area contributed by atoms with Crippen molar-refractivity contribution in [2.75, 3.05) is 88.8 Å². The van der Waals surface area contributed by atoms with Crippen LogP contribution in [0.1, 0.15) is 65.8 Å². The quantitative estimate of drug-likeness (QED) is 0.00809. The molecule has 0 spiro atoms. The summed E-state index contributed by atoms with van der Waals surface area (Å²) in [6.45, 7) is 11.5. The fourth-order valence-corrected chi connectivity index (χ4v) is 12.8. The summed E-state index contributed by atoms with van der Waals surface area (Å²) in [6.07, 6.45) is 4.23. The second kappa shape index (κ2) is 29.4. The van der Waals surface area contributed by atoms with Gasteiger partial charge in [0, 0.05) is 78.2 Å². The van der Waals surface area contributed by atoms with Gasteiger partial charge in [0.1, 0.15) is 41.1 Å². The molecule has 20 nitrogen and oxygen atoms in total. The second-order valence-corrected chi connectivity index (χ2v) is 22.7. The van der Waals surface area contributed by atoms with E-state index < -0.39 is 18.5 Å². The van der Waals surface area contributed by atoms with Crippen LogP contribution in [-0.2, 0) is 49.7 Å². The van der Waals surface area contributed by atoms with E-state index >= 15 is 0 Å². The first kappa shape index (κ1) is 60.4. The molecule has 2 aromatic carbocycles. The third kappa shape index (κ3) is 17.7. The minimum Gasteiger partial charge on any atom is -0.485 e. The van der Waals surface area contributed by atoms with E-state index in [1.165, 1.54) is 17.4 Å². The topological polar surface area (TPSA) is 261 Å². The molecule has 5 aromatic rings. The molecule has 4 amide bonds. The summed E-state index contributed by atoms with van der Waals surface area (Å²) < 4.78 is 64.3. The van der Waals surface area contributed by atoms with Gasteiger partial charge in [-0.1, -0.05) is 25.1 Å². The van der Waals surface area contributed by atoms with E-state index in [0.717, 1.165) is 96.4 Å². The number of urea groups is 1. The van der Waals surface area contributed by atoms with Crippen molar-refractivity contribution in [1.82, 2.24) is 40.4 Å². The molecule has 25 heteroatoms. The van der Waals surface area contributed by atoms with E-state index in [1.54, 1.807) is 18.3 Å². The van der Waals surface area contributed by atoms with Crippen molar-refractivity contribution in [3.8, 4) is 11.8 Å². The summed E-state index contributed by atoms with van der Waals surface area (Å²) in [5.74, 6) is 7.67. The number of carbonyl (C=O) groups is 3. The van der Waals surface area contributed by atoms with Gasteiger partial charge in [-0.05, 0) is 92.1 Å². The lowest BCUT2D eigenvalue weighted by molar-refractivity contribution is -0.126. The number of hydrazine groups is 1. The summed E-state index contributed by atoms with van der Waals surface area (Å²) in [7, 11) is 0. The lowest BCUT2D eigenvalue weighted by Crippen LogP contribution is -2.39. The van der Waals surface area contributed by atoms with Gasteiger partial charge < -0.3 is 60.8 Å².